The summed E-state index contributed by atoms with van der Waals surface area (Å²) in [5, 5.41) is 2.87. The lowest BCUT2D eigenvalue weighted by molar-refractivity contribution is 0.0950. The Labute approximate surface area is 150 Å². The first kappa shape index (κ1) is 16.0. The molecule has 4 rings (SSSR count). The predicted molar refractivity (Wildman–Crippen MR) is 97.9 cm³/mol. The van der Waals surface area contributed by atoms with Crippen LogP contribution in [0.3, 0.4) is 0 Å². The van der Waals surface area contributed by atoms with Gasteiger partial charge >= 0.3 is 0 Å². The molecule has 0 saturated heterocycles. The van der Waals surface area contributed by atoms with Gasteiger partial charge in [-0.15, -0.1) is 0 Å². The third kappa shape index (κ3) is 3.06. The normalized spacial score (nSPS) is 11.0. The number of benzene rings is 1. The van der Waals surface area contributed by atoms with Gasteiger partial charge in [-0.05, 0) is 25.1 Å². The van der Waals surface area contributed by atoms with E-state index in [-0.39, 0.29) is 5.91 Å². The summed E-state index contributed by atoms with van der Waals surface area (Å²) in [7, 11) is 0. The highest BCUT2D eigenvalue weighted by atomic mass is 16.1. The molecule has 7 heteroatoms. The fraction of sp³-hybridized carbons (Fsp3) is 0.158. The SMILES string of the molecule is CCn1cnc(CNC(=O)c2cnc3c(c2)ncn3-c2ccccc2)c1. The van der Waals surface area contributed by atoms with Crippen molar-refractivity contribution in [2.45, 2.75) is 20.0 Å². The number of carbonyl (C=O) groups is 1. The number of nitrogens with zero attached hydrogens (tertiary/aromatic N) is 5. The van der Waals surface area contributed by atoms with E-state index >= 15 is 0 Å². The van der Waals surface area contributed by atoms with Gasteiger partial charge < -0.3 is 9.88 Å². The molecule has 7 nitrogen and oxygen atoms in total. The van der Waals surface area contributed by atoms with E-state index in [1.54, 1.807) is 24.9 Å². The molecule has 0 aliphatic carbocycles. The molecule has 1 amide bonds. The quantitative estimate of drug-likeness (QED) is 0.602. The molecule has 0 fully saturated rings. The summed E-state index contributed by atoms with van der Waals surface area (Å²) in [6.45, 7) is 3.27. The monoisotopic (exact) mass is 346 g/mol. The molecule has 0 bridgehead atoms. The van der Waals surface area contributed by atoms with Crippen LogP contribution in [-0.4, -0.2) is 30.0 Å². The number of pyridine rings is 1. The van der Waals surface area contributed by atoms with E-state index in [4.69, 9.17) is 0 Å². The molecular weight excluding hydrogens is 328 g/mol. The summed E-state index contributed by atoms with van der Waals surface area (Å²) in [6, 6.07) is 11.6. The summed E-state index contributed by atoms with van der Waals surface area (Å²) in [6.07, 6.45) is 6.96. The van der Waals surface area contributed by atoms with Crippen LogP contribution in [0.4, 0.5) is 0 Å². The van der Waals surface area contributed by atoms with Crippen LogP contribution in [0, 0.1) is 0 Å². The number of aromatic nitrogens is 5. The number of fused-ring (bicyclic) bond motifs is 1. The first-order valence-corrected chi connectivity index (χ1v) is 8.42. The van der Waals surface area contributed by atoms with Gasteiger partial charge in [-0.3, -0.25) is 9.36 Å². The largest absolute Gasteiger partial charge is 0.346 e. The van der Waals surface area contributed by atoms with Crippen molar-refractivity contribution in [3.8, 4) is 5.69 Å². The lowest BCUT2D eigenvalue weighted by Gasteiger charge is -2.05. The standard InChI is InChI=1S/C19H18N6O/c1-2-24-11-15(22-12-24)10-21-19(26)14-8-17-18(20-9-14)25(13-23-17)16-6-4-3-5-7-16/h3-9,11-13H,2,10H2,1H3,(H,21,26). The minimum Gasteiger partial charge on any atom is -0.346 e. The van der Waals surface area contributed by atoms with Crippen LogP contribution < -0.4 is 5.32 Å². The van der Waals surface area contributed by atoms with Gasteiger partial charge in [0.25, 0.3) is 5.91 Å². The topological polar surface area (TPSA) is 77.6 Å². The molecule has 0 atom stereocenters. The van der Waals surface area contributed by atoms with Crippen molar-refractivity contribution in [2.24, 2.45) is 0 Å². The van der Waals surface area contributed by atoms with Crippen molar-refractivity contribution >= 4 is 17.1 Å². The Morgan fingerprint density at radius 2 is 1.96 bits per heavy atom. The second-order valence-electron chi connectivity index (χ2n) is 5.89. The Hall–Kier alpha value is -3.48. The van der Waals surface area contributed by atoms with Crippen LogP contribution in [-0.2, 0) is 13.1 Å². The zero-order valence-corrected chi connectivity index (χ0v) is 14.3. The molecular formula is C19H18N6O. The van der Waals surface area contributed by atoms with Crippen molar-refractivity contribution in [3.05, 3.63) is 72.7 Å². The summed E-state index contributed by atoms with van der Waals surface area (Å²) in [5.41, 5.74) is 3.67. The molecule has 3 aromatic heterocycles. The van der Waals surface area contributed by atoms with Gasteiger partial charge in [0, 0.05) is 24.6 Å². The minimum atomic E-state index is -0.195. The van der Waals surface area contributed by atoms with Crippen LogP contribution in [0.15, 0.2) is 61.4 Å². The average molecular weight is 346 g/mol. The number of aryl methyl sites for hydroxylation is 1. The third-order valence-corrected chi connectivity index (χ3v) is 4.17. The Bertz CT molecular complexity index is 1050. The van der Waals surface area contributed by atoms with E-state index < -0.39 is 0 Å². The van der Waals surface area contributed by atoms with Gasteiger partial charge in [-0.25, -0.2) is 15.0 Å². The van der Waals surface area contributed by atoms with Gasteiger partial charge in [0.1, 0.15) is 11.8 Å². The molecule has 0 saturated carbocycles. The smallest absolute Gasteiger partial charge is 0.253 e. The number of carbonyl (C=O) groups excluding carboxylic acids is 1. The lowest BCUT2D eigenvalue weighted by atomic mass is 10.2. The van der Waals surface area contributed by atoms with E-state index in [9.17, 15) is 4.79 Å². The molecule has 0 aliphatic rings. The summed E-state index contributed by atoms with van der Waals surface area (Å²) < 4.78 is 3.86. The van der Waals surface area contributed by atoms with E-state index in [2.05, 4.69) is 20.3 Å². The average Bonchev–Trinajstić information content (AvgIpc) is 3.33. The van der Waals surface area contributed by atoms with Crippen molar-refractivity contribution in [1.29, 1.82) is 0 Å². The number of rotatable bonds is 5. The predicted octanol–water partition coefficient (Wildman–Crippen LogP) is 2.57. The van der Waals surface area contributed by atoms with Gasteiger partial charge in [0.2, 0.25) is 0 Å². The maximum atomic E-state index is 12.4. The van der Waals surface area contributed by atoms with E-state index in [1.807, 2.05) is 52.6 Å². The van der Waals surface area contributed by atoms with E-state index in [0.717, 1.165) is 23.6 Å². The van der Waals surface area contributed by atoms with Crippen molar-refractivity contribution in [1.82, 2.24) is 29.4 Å². The zero-order chi connectivity index (χ0) is 17.9. The third-order valence-electron chi connectivity index (χ3n) is 4.17. The Morgan fingerprint density at radius 1 is 1.12 bits per heavy atom. The first-order valence-electron chi connectivity index (χ1n) is 8.42. The molecule has 1 N–H and O–H groups in total. The molecule has 1 aromatic carbocycles. The summed E-state index contributed by atoms with van der Waals surface area (Å²) >= 11 is 0. The second kappa shape index (κ2) is 6.79. The van der Waals surface area contributed by atoms with Gasteiger partial charge in [-0.2, -0.15) is 0 Å². The first-order chi connectivity index (χ1) is 12.7. The van der Waals surface area contributed by atoms with Crippen molar-refractivity contribution in [2.75, 3.05) is 0 Å². The molecule has 0 aliphatic heterocycles. The minimum absolute atomic E-state index is 0.195. The van der Waals surface area contributed by atoms with Gasteiger partial charge in [0.05, 0.1) is 24.1 Å². The highest BCUT2D eigenvalue weighted by molar-refractivity contribution is 5.96. The highest BCUT2D eigenvalue weighted by Crippen LogP contribution is 2.17. The lowest BCUT2D eigenvalue weighted by Crippen LogP contribution is -2.23. The fourth-order valence-electron chi connectivity index (χ4n) is 2.75. The van der Waals surface area contributed by atoms with E-state index in [1.165, 1.54) is 0 Å². The fourth-order valence-corrected chi connectivity index (χ4v) is 2.75. The number of para-hydroxylation sites is 1. The van der Waals surface area contributed by atoms with Crippen LogP contribution in [0.5, 0.6) is 0 Å². The van der Waals surface area contributed by atoms with Crippen LogP contribution in [0.2, 0.25) is 0 Å². The molecule has 0 spiro atoms. The molecule has 26 heavy (non-hydrogen) atoms. The molecule has 3 heterocycles. The number of nitrogens with one attached hydrogen (secondary N) is 1. The van der Waals surface area contributed by atoms with Gasteiger partial charge in [0.15, 0.2) is 5.65 Å². The zero-order valence-electron chi connectivity index (χ0n) is 14.3. The maximum Gasteiger partial charge on any atom is 0.253 e. The number of hydrogen-bond acceptors (Lipinski definition) is 4. The summed E-state index contributed by atoms with van der Waals surface area (Å²) in [5.74, 6) is -0.195. The van der Waals surface area contributed by atoms with Gasteiger partial charge in [-0.1, -0.05) is 18.2 Å². The summed E-state index contributed by atoms with van der Waals surface area (Å²) in [4.78, 5) is 25.5. The van der Waals surface area contributed by atoms with Crippen molar-refractivity contribution in [3.63, 3.8) is 0 Å². The van der Waals surface area contributed by atoms with Crippen LogP contribution >= 0.6 is 0 Å². The van der Waals surface area contributed by atoms with Crippen LogP contribution in [0.25, 0.3) is 16.9 Å². The molecule has 4 aromatic rings. The molecule has 0 unspecified atom stereocenters. The molecule has 130 valence electrons. The Kier molecular flexibility index (Phi) is 4.18. The molecule has 0 radical (unpaired) electrons. The Morgan fingerprint density at radius 3 is 2.73 bits per heavy atom. The van der Waals surface area contributed by atoms with Crippen LogP contribution in [0.1, 0.15) is 23.0 Å². The number of hydrogen-bond donors (Lipinski definition) is 1. The Balaban J connectivity index is 1.53. The maximum absolute atomic E-state index is 12.4. The second-order valence-corrected chi connectivity index (χ2v) is 5.89. The van der Waals surface area contributed by atoms with Crippen molar-refractivity contribution < 1.29 is 4.79 Å². The number of amides is 1. The number of imidazole rings is 2. The highest BCUT2D eigenvalue weighted by Gasteiger charge is 2.11. The van der Waals surface area contributed by atoms with E-state index in [0.29, 0.717) is 17.6 Å².